The van der Waals surface area contributed by atoms with Crippen molar-refractivity contribution in [2.24, 2.45) is 0 Å². The van der Waals surface area contributed by atoms with Gasteiger partial charge in [0.25, 0.3) is 0 Å². The van der Waals surface area contributed by atoms with Crippen LogP contribution in [0.2, 0.25) is 0 Å². The van der Waals surface area contributed by atoms with E-state index in [1.165, 1.54) is 23.3 Å². The number of halogens is 2. The Hall–Kier alpha value is -2.90. The summed E-state index contributed by atoms with van der Waals surface area (Å²) in [6, 6.07) is 12.6. The van der Waals surface area contributed by atoms with E-state index < -0.39 is 0 Å². The summed E-state index contributed by atoms with van der Waals surface area (Å²) in [6.45, 7) is 5.44. The number of benzene rings is 2. The van der Waals surface area contributed by atoms with E-state index in [1.54, 1.807) is 26.4 Å². The SMILES string of the molecule is COCc1nc(Nc2ccc(F)cc2)nc(N2CCc3cc(OC)ccc3C2C)c1C.Cl. The van der Waals surface area contributed by atoms with Gasteiger partial charge in [0, 0.05) is 24.9 Å². The Morgan fingerprint density at radius 2 is 1.88 bits per heavy atom. The molecule has 1 aliphatic heterocycles. The molecule has 1 aromatic heterocycles. The number of ether oxygens (including phenoxy) is 2. The van der Waals surface area contributed by atoms with Crippen molar-refractivity contribution in [1.29, 1.82) is 0 Å². The van der Waals surface area contributed by atoms with Gasteiger partial charge in [-0.05, 0) is 67.8 Å². The van der Waals surface area contributed by atoms with Crippen molar-refractivity contribution in [1.82, 2.24) is 9.97 Å². The largest absolute Gasteiger partial charge is 0.497 e. The monoisotopic (exact) mass is 458 g/mol. The molecule has 8 heteroatoms. The lowest BCUT2D eigenvalue weighted by atomic mass is 9.93. The van der Waals surface area contributed by atoms with Crippen LogP contribution in [-0.4, -0.2) is 30.7 Å². The Bertz CT molecular complexity index is 1080. The fourth-order valence-electron chi connectivity index (χ4n) is 4.05. The summed E-state index contributed by atoms with van der Waals surface area (Å²) in [5.41, 5.74) is 5.12. The molecule has 2 aromatic carbocycles. The van der Waals surface area contributed by atoms with E-state index in [0.717, 1.165) is 41.5 Å². The Labute approximate surface area is 194 Å². The average molecular weight is 459 g/mol. The molecule has 6 nitrogen and oxygen atoms in total. The summed E-state index contributed by atoms with van der Waals surface area (Å²) < 4.78 is 24.0. The second kappa shape index (κ2) is 10.1. The minimum atomic E-state index is -0.284. The number of aromatic nitrogens is 2. The van der Waals surface area contributed by atoms with E-state index in [1.807, 2.05) is 13.0 Å². The number of rotatable bonds is 6. The van der Waals surface area contributed by atoms with Crippen LogP contribution in [-0.2, 0) is 17.8 Å². The van der Waals surface area contributed by atoms with Crippen LogP contribution in [0.5, 0.6) is 5.75 Å². The van der Waals surface area contributed by atoms with Crippen molar-refractivity contribution in [2.45, 2.75) is 32.9 Å². The third kappa shape index (κ3) is 4.79. The molecule has 170 valence electrons. The van der Waals surface area contributed by atoms with Crippen LogP contribution in [0.25, 0.3) is 0 Å². The predicted octanol–water partition coefficient (Wildman–Crippen LogP) is 5.37. The number of nitrogens with one attached hydrogen (secondary N) is 1. The summed E-state index contributed by atoms with van der Waals surface area (Å²) >= 11 is 0. The van der Waals surface area contributed by atoms with Gasteiger partial charge in [0.2, 0.25) is 5.95 Å². The molecule has 0 fully saturated rings. The molecule has 3 aromatic rings. The summed E-state index contributed by atoms with van der Waals surface area (Å²) in [5.74, 6) is 1.94. The fraction of sp³-hybridized carbons (Fsp3) is 0.333. The summed E-state index contributed by atoms with van der Waals surface area (Å²) in [7, 11) is 3.35. The quantitative estimate of drug-likeness (QED) is 0.536. The highest BCUT2D eigenvalue weighted by molar-refractivity contribution is 5.85. The standard InChI is InChI=1S/C24H27FN4O2.ClH/c1-15-22(14-30-3)27-24(26-19-7-5-18(25)6-8-19)28-23(15)29-12-11-17-13-20(31-4)9-10-21(17)16(29)2;/h5-10,13,16H,11-12,14H2,1-4H3,(H,26,27,28);1H. The van der Waals surface area contributed by atoms with Crippen molar-refractivity contribution < 1.29 is 13.9 Å². The van der Waals surface area contributed by atoms with Crippen LogP contribution >= 0.6 is 12.4 Å². The molecule has 1 atom stereocenters. The molecule has 0 amide bonds. The lowest BCUT2D eigenvalue weighted by Gasteiger charge is -2.37. The molecule has 32 heavy (non-hydrogen) atoms. The first-order valence-electron chi connectivity index (χ1n) is 10.3. The number of fused-ring (bicyclic) bond motifs is 1. The van der Waals surface area contributed by atoms with E-state index in [9.17, 15) is 4.39 Å². The maximum atomic E-state index is 13.3. The number of anilines is 3. The van der Waals surface area contributed by atoms with Crippen LogP contribution in [0.4, 0.5) is 21.8 Å². The minimum Gasteiger partial charge on any atom is -0.497 e. The van der Waals surface area contributed by atoms with E-state index in [2.05, 4.69) is 34.3 Å². The molecule has 0 bridgehead atoms. The Morgan fingerprint density at radius 1 is 1.12 bits per heavy atom. The summed E-state index contributed by atoms with van der Waals surface area (Å²) in [5, 5.41) is 3.20. The van der Waals surface area contributed by atoms with Crippen LogP contribution in [0, 0.1) is 12.7 Å². The molecular weight excluding hydrogens is 431 g/mol. The van der Waals surface area contributed by atoms with Gasteiger partial charge in [0.05, 0.1) is 25.5 Å². The number of hydrogen-bond donors (Lipinski definition) is 1. The highest BCUT2D eigenvalue weighted by atomic mass is 35.5. The highest BCUT2D eigenvalue weighted by Gasteiger charge is 2.28. The van der Waals surface area contributed by atoms with Crippen molar-refractivity contribution in [3.63, 3.8) is 0 Å². The normalized spacial score (nSPS) is 15.0. The lowest BCUT2D eigenvalue weighted by Crippen LogP contribution is -2.35. The first-order valence-corrected chi connectivity index (χ1v) is 10.3. The van der Waals surface area contributed by atoms with E-state index >= 15 is 0 Å². The summed E-state index contributed by atoms with van der Waals surface area (Å²) in [6.07, 6.45) is 0.903. The van der Waals surface area contributed by atoms with E-state index in [-0.39, 0.29) is 24.3 Å². The Morgan fingerprint density at radius 3 is 2.56 bits per heavy atom. The Balaban J connectivity index is 0.00000289. The Kier molecular flexibility index (Phi) is 7.53. The van der Waals surface area contributed by atoms with Crippen molar-refractivity contribution in [3.8, 4) is 5.75 Å². The number of hydrogen-bond acceptors (Lipinski definition) is 6. The van der Waals surface area contributed by atoms with Crippen molar-refractivity contribution in [3.05, 3.63) is 70.7 Å². The minimum absolute atomic E-state index is 0. The van der Waals surface area contributed by atoms with Crippen LogP contribution in [0.3, 0.4) is 0 Å². The third-order valence-corrected chi connectivity index (χ3v) is 5.76. The second-order valence-corrected chi connectivity index (χ2v) is 7.69. The maximum Gasteiger partial charge on any atom is 0.229 e. The van der Waals surface area contributed by atoms with Gasteiger partial charge in [-0.15, -0.1) is 12.4 Å². The highest BCUT2D eigenvalue weighted by Crippen LogP contribution is 2.36. The van der Waals surface area contributed by atoms with Gasteiger partial charge in [-0.1, -0.05) is 6.07 Å². The molecule has 0 spiro atoms. The zero-order chi connectivity index (χ0) is 22.0. The molecule has 1 aliphatic rings. The number of nitrogens with zero attached hydrogens (tertiary/aromatic N) is 3. The van der Waals surface area contributed by atoms with Crippen molar-refractivity contribution >= 4 is 29.9 Å². The summed E-state index contributed by atoms with van der Waals surface area (Å²) in [4.78, 5) is 11.8. The average Bonchev–Trinajstić information content (AvgIpc) is 2.78. The maximum absolute atomic E-state index is 13.3. The van der Waals surface area contributed by atoms with Crippen LogP contribution < -0.4 is 15.0 Å². The second-order valence-electron chi connectivity index (χ2n) is 7.69. The molecular formula is C24H28ClFN4O2. The third-order valence-electron chi connectivity index (χ3n) is 5.76. The lowest BCUT2D eigenvalue weighted by molar-refractivity contribution is 0.181. The fourth-order valence-corrected chi connectivity index (χ4v) is 4.05. The van der Waals surface area contributed by atoms with Gasteiger partial charge in [-0.2, -0.15) is 4.98 Å². The molecule has 0 aliphatic carbocycles. The van der Waals surface area contributed by atoms with Gasteiger partial charge < -0.3 is 19.7 Å². The van der Waals surface area contributed by atoms with Crippen molar-refractivity contribution in [2.75, 3.05) is 31.0 Å². The molecule has 0 saturated carbocycles. The molecule has 0 radical (unpaired) electrons. The topological polar surface area (TPSA) is 59.5 Å². The first kappa shape index (κ1) is 23.8. The first-order chi connectivity index (χ1) is 15.0. The molecule has 1 N–H and O–H groups in total. The van der Waals surface area contributed by atoms with Gasteiger partial charge in [-0.3, -0.25) is 0 Å². The molecule has 0 saturated heterocycles. The predicted molar refractivity (Wildman–Crippen MR) is 127 cm³/mol. The molecule has 4 rings (SSSR count). The van der Waals surface area contributed by atoms with E-state index in [4.69, 9.17) is 14.5 Å². The zero-order valence-corrected chi connectivity index (χ0v) is 19.5. The van der Waals surface area contributed by atoms with Crippen LogP contribution in [0.15, 0.2) is 42.5 Å². The molecule has 1 unspecified atom stereocenters. The zero-order valence-electron chi connectivity index (χ0n) is 18.7. The van der Waals surface area contributed by atoms with Crippen LogP contribution in [0.1, 0.15) is 35.3 Å². The molecule has 2 heterocycles. The van der Waals surface area contributed by atoms with Gasteiger partial charge in [-0.25, -0.2) is 9.37 Å². The van der Waals surface area contributed by atoms with E-state index in [0.29, 0.717) is 12.6 Å². The van der Waals surface area contributed by atoms with Gasteiger partial charge >= 0.3 is 0 Å². The van der Waals surface area contributed by atoms with Gasteiger partial charge in [0.1, 0.15) is 17.4 Å². The number of methoxy groups -OCH3 is 2. The van der Waals surface area contributed by atoms with Gasteiger partial charge in [0.15, 0.2) is 0 Å². The smallest absolute Gasteiger partial charge is 0.229 e.